The molecule has 1 aliphatic rings. The van der Waals surface area contributed by atoms with Crippen molar-refractivity contribution in [2.24, 2.45) is 5.41 Å². The van der Waals surface area contributed by atoms with Crippen LogP contribution in [0.4, 0.5) is 0 Å². The molecule has 1 aromatic rings. The zero-order valence-electron chi connectivity index (χ0n) is 11.7. The second-order valence-corrected chi connectivity index (χ2v) is 5.50. The molecular weight excluding hydrogens is 240 g/mol. The summed E-state index contributed by atoms with van der Waals surface area (Å²) in [5.74, 6) is 0.745. The maximum absolute atomic E-state index is 12.1. The molecule has 0 spiro atoms. The Morgan fingerprint density at radius 1 is 1.42 bits per heavy atom. The largest absolute Gasteiger partial charge is 0.497 e. The summed E-state index contributed by atoms with van der Waals surface area (Å²) in [6, 6.07) is 7.18. The minimum Gasteiger partial charge on any atom is -0.497 e. The molecule has 2 rings (SSSR count). The van der Waals surface area contributed by atoms with Gasteiger partial charge in [-0.15, -0.1) is 0 Å². The zero-order chi connectivity index (χ0) is 13.7. The standard InChI is InChI=1S/C15H22N2O2/c1-15(8-3-9-16-10-15)11-17-14(18)12-4-6-13(19-2)7-5-12/h4-7,16H,3,8-11H2,1-2H3,(H,17,18). The molecule has 1 unspecified atom stereocenters. The highest BCUT2D eigenvalue weighted by atomic mass is 16.5. The minimum absolute atomic E-state index is 0.0190. The molecule has 1 amide bonds. The molecular formula is C15H22N2O2. The SMILES string of the molecule is COc1ccc(C(=O)NCC2(C)CCCNC2)cc1. The van der Waals surface area contributed by atoms with Gasteiger partial charge in [-0.3, -0.25) is 4.79 Å². The van der Waals surface area contributed by atoms with Crippen molar-refractivity contribution in [2.75, 3.05) is 26.7 Å². The number of carbonyl (C=O) groups excluding carboxylic acids is 1. The Kier molecular flexibility index (Phi) is 4.43. The first-order chi connectivity index (χ1) is 9.13. The molecule has 4 heteroatoms. The molecule has 0 aliphatic carbocycles. The number of ether oxygens (including phenoxy) is 1. The summed E-state index contributed by atoms with van der Waals surface area (Å²) in [6.07, 6.45) is 2.33. The lowest BCUT2D eigenvalue weighted by molar-refractivity contribution is 0.0924. The summed E-state index contributed by atoms with van der Waals surface area (Å²) >= 11 is 0. The van der Waals surface area contributed by atoms with Crippen LogP contribution in [0.2, 0.25) is 0 Å². The van der Waals surface area contributed by atoms with Gasteiger partial charge >= 0.3 is 0 Å². The van der Waals surface area contributed by atoms with Crippen LogP contribution in [0.25, 0.3) is 0 Å². The molecule has 0 saturated carbocycles. The van der Waals surface area contributed by atoms with Gasteiger partial charge in [0.05, 0.1) is 7.11 Å². The first-order valence-electron chi connectivity index (χ1n) is 6.76. The Hall–Kier alpha value is -1.55. The lowest BCUT2D eigenvalue weighted by atomic mass is 9.83. The van der Waals surface area contributed by atoms with Crippen molar-refractivity contribution in [2.45, 2.75) is 19.8 Å². The van der Waals surface area contributed by atoms with E-state index in [1.54, 1.807) is 31.4 Å². The number of piperidine rings is 1. The van der Waals surface area contributed by atoms with E-state index >= 15 is 0 Å². The van der Waals surface area contributed by atoms with Crippen LogP contribution in [0.1, 0.15) is 30.1 Å². The van der Waals surface area contributed by atoms with E-state index in [1.807, 2.05) is 0 Å². The second kappa shape index (κ2) is 6.06. The highest BCUT2D eigenvalue weighted by Crippen LogP contribution is 2.24. The summed E-state index contributed by atoms with van der Waals surface area (Å²) < 4.78 is 5.08. The van der Waals surface area contributed by atoms with Gasteiger partial charge in [0.1, 0.15) is 5.75 Å². The van der Waals surface area contributed by atoms with Crippen molar-refractivity contribution < 1.29 is 9.53 Å². The zero-order valence-corrected chi connectivity index (χ0v) is 11.7. The topological polar surface area (TPSA) is 50.4 Å². The van der Waals surface area contributed by atoms with E-state index < -0.39 is 0 Å². The van der Waals surface area contributed by atoms with Gasteiger partial charge < -0.3 is 15.4 Å². The van der Waals surface area contributed by atoms with Crippen LogP contribution in [-0.4, -0.2) is 32.7 Å². The number of rotatable bonds is 4. The van der Waals surface area contributed by atoms with Crippen LogP contribution >= 0.6 is 0 Å². The summed E-state index contributed by atoms with van der Waals surface area (Å²) in [4.78, 5) is 12.1. The van der Waals surface area contributed by atoms with Crippen molar-refractivity contribution in [1.29, 1.82) is 0 Å². The molecule has 1 aliphatic heterocycles. The van der Waals surface area contributed by atoms with E-state index in [2.05, 4.69) is 17.6 Å². The normalized spacial score (nSPS) is 22.8. The van der Waals surface area contributed by atoms with Crippen molar-refractivity contribution >= 4 is 5.91 Å². The lowest BCUT2D eigenvalue weighted by Crippen LogP contribution is -2.45. The van der Waals surface area contributed by atoms with Gasteiger partial charge in [0.25, 0.3) is 5.91 Å². The third-order valence-electron chi connectivity index (χ3n) is 3.71. The Morgan fingerprint density at radius 3 is 2.74 bits per heavy atom. The molecule has 2 N–H and O–H groups in total. The van der Waals surface area contributed by atoms with Crippen molar-refractivity contribution in [3.8, 4) is 5.75 Å². The fourth-order valence-corrected chi connectivity index (χ4v) is 2.41. The third kappa shape index (κ3) is 3.70. The summed E-state index contributed by atoms with van der Waals surface area (Å²) in [6.45, 7) is 4.98. The van der Waals surface area contributed by atoms with Gasteiger partial charge in [0.2, 0.25) is 0 Å². The highest BCUT2D eigenvalue weighted by molar-refractivity contribution is 5.94. The number of nitrogens with one attached hydrogen (secondary N) is 2. The van der Waals surface area contributed by atoms with E-state index in [9.17, 15) is 4.79 Å². The summed E-state index contributed by atoms with van der Waals surface area (Å²) in [5.41, 5.74) is 0.841. The molecule has 1 saturated heterocycles. The van der Waals surface area contributed by atoms with E-state index in [0.29, 0.717) is 12.1 Å². The van der Waals surface area contributed by atoms with Crippen LogP contribution in [0, 0.1) is 5.41 Å². The van der Waals surface area contributed by atoms with Gasteiger partial charge in [-0.05, 0) is 49.1 Å². The number of benzene rings is 1. The predicted octanol–water partition coefficient (Wildman–Crippen LogP) is 1.81. The Balaban J connectivity index is 1.89. The molecule has 0 radical (unpaired) electrons. The number of methoxy groups -OCH3 is 1. The smallest absolute Gasteiger partial charge is 0.251 e. The van der Waals surface area contributed by atoms with Crippen LogP contribution in [-0.2, 0) is 0 Å². The fourth-order valence-electron chi connectivity index (χ4n) is 2.41. The van der Waals surface area contributed by atoms with E-state index in [-0.39, 0.29) is 11.3 Å². The van der Waals surface area contributed by atoms with Crippen LogP contribution < -0.4 is 15.4 Å². The summed E-state index contributed by atoms with van der Waals surface area (Å²) in [7, 11) is 1.62. The Labute approximate surface area is 114 Å². The number of amides is 1. The second-order valence-electron chi connectivity index (χ2n) is 5.50. The first-order valence-corrected chi connectivity index (χ1v) is 6.76. The summed E-state index contributed by atoms with van der Waals surface area (Å²) in [5, 5.41) is 6.41. The number of carbonyl (C=O) groups is 1. The van der Waals surface area contributed by atoms with Gasteiger partial charge in [-0.2, -0.15) is 0 Å². The molecule has 1 atom stereocenters. The van der Waals surface area contributed by atoms with Gasteiger partial charge in [-0.25, -0.2) is 0 Å². The maximum Gasteiger partial charge on any atom is 0.251 e. The minimum atomic E-state index is -0.0190. The van der Waals surface area contributed by atoms with Gasteiger partial charge in [0, 0.05) is 18.7 Å². The van der Waals surface area contributed by atoms with Gasteiger partial charge in [0.15, 0.2) is 0 Å². The van der Waals surface area contributed by atoms with Crippen LogP contribution in [0.5, 0.6) is 5.75 Å². The molecule has 4 nitrogen and oxygen atoms in total. The van der Waals surface area contributed by atoms with Crippen LogP contribution in [0.15, 0.2) is 24.3 Å². The molecule has 0 bridgehead atoms. The molecule has 1 aromatic carbocycles. The average molecular weight is 262 g/mol. The van der Waals surface area contributed by atoms with E-state index in [4.69, 9.17) is 4.74 Å². The van der Waals surface area contributed by atoms with Gasteiger partial charge in [-0.1, -0.05) is 6.92 Å². The van der Waals surface area contributed by atoms with Crippen molar-refractivity contribution in [3.05, 3.63) is 29.8 Å². The predicted molar refractivity (Wildman–Crippen MR) is 75.5 cm³/mol. The maximum atomic E-state index is 12.1. The average Bonchev–Trinajstić information content (AvgIpc) is 2.46. The monoisotopic (exact) mass is 262 g/mol. The molecule has 104 valence electrons. The quantitative estimate of drug-likeness (QED) is 0.870. The van der Waals surface area contributed by atoms with E-state index in [0.717, 1.165) is 25.3 Å². The van der Waals surface area contributed by atoms with Crippen molar-refractivity contribution in [3.63, 3.8) is 0 Å². The number of hydrogen-bond acceptors (Lipinski definition) is 3. The first kappa shape index (κ1) is 13.9. The lowest BCUT2D eigenvalue weighted by Gasteiger charge is -2.34. The molecule has 1 fully saturated rings. The van der Waals surface area contributed by atoms with Crippen molar-refractivity contribution in [1.82, 2.24) is 10.6 Å². The Bertz CT molecular complexity index is 422. The number of hydrogen-bond donors (Lipinski definition) is 2. The third-order valence-corrected chi connectivity index (χ3v) is 3.71. The molecule has 0 aromatic heterocycles. The molecule has 1 heterocycles. The van der Waals surface area contributed by atoms with Crippen LogP contribution in [0.3, 0.4) is 0 Å². The fraction of sp³-hybridized carbons (Fsp3) is 0.533. The van der Waals surface area contributed by atoms with E-state index in [1.165, 1.54) is 6.42 Å². The Morgan fingerprint density at radius 2 is 2.16 bits per heavy atom. The molecule has 19 heavy (non-hydrogen) atoms. The highest BCUT2D eigenvalue weighted by Gasteiger charge is 2.27.